The molecule has 0 aromatic heterocycles. The monoisotopic (exact) mass is 457 g/mol. The van der Waals surface area contributed by atoms with Gasteiger partial charge >= 0.3 is 0 Å². The molecule has 3 amide bonds. The van der Waals surface area contributed by atoms with Gasteiger partial charge in [-0.15, -0.1) is 0 Å². The third-order valence-electron chi connectivity index (χ3n) is 5.50. The smallest absolute Gasteiger partial charge is 0.257 e. The Labute approximate surface area is 193 Å². The lowest BCUT2D eigenvalue weighted by molar-refractivity contribution is -0.126. The fourth-order valence-electron chi connectivity index (χ4n) is 3.74. The van der Waals surface area contributed by atoms with E-state index in [9.17, 15) is 14.4 Å². The van der Waals surface area contributed by atoms with Crippen molar-refractivity contribution in [2.75, 3.05) is 33.3 Å². The van der Waals surface area contributed by atoms with Crippen LogP contribution in [0.5, 0.6) is 5.75 Å². The Bertz CT molecular complexity index is 944. The summed E-state index contributed by atoms with van der Waals surface area (Å²) in [6.45, 7) is 1.72. The van der Waals surface area contributed by atoms with E-state index in [1.54, 1.807) is 23.1 Å². The molecule has 0 radical (unpaired) electrons. The minimum absolute atomic E-state index is 0.0465. The predicted molar refractivity (Wildman–Crippen MR) is 123 cm³/mol. The number of piperidine rings is 1. The van der Waals surface area contributed by atoms with E-state index in [4.69, 9.17) is 16.3 Å². The van der Waals surface area contributed by atoms with E-state index in [0.717, 1.165) is 5.56 Å². The van der Waals surface area contributed by atoms with Crippen LogP contribution in [0.4, 0.5) is 0 Å². The third-order valence-corrected chi connectivity index (χ3v) is 5.73. The number of methoxy groups -OCH3 is 1. The van der Waals surface area contributed by atoms with Crippen LogP contribution in [0.3, 0.4) is 0 Å². The van der Waals surface area contributed by atoms with Crippen LogP contribution >= 0.6 is 11.6 Å². The molecule has 1 aliphatic heterocycles. The van der Waals surface area contributed by atoms with E-state index in [0.29, 0.717) is 61.8 Å². The molecule has 170 valence electrons. The summed E-state index contributed by atoms with van der Waals surface area (Å²) in [4.78, 5) is 39.0. The molecule has 0 unspecified atom stereocenters. The van der Waals surface area contributed by atoms with E-state index < -0.39 is 0 Å². The van der Waals surface area contributed by atoms with Crippen molar-refractivity contribution in [1.82, 2.24) is 15.5 Å². The largest absolute Gasteiger partial charge is 0.496 e. The highest BCUT2D eigenvalue weighted by atomic mass is 35.5. The molecular weight excluding hydrogens is 430 g/mol. The highest BCUT2D eigenvalue weighted by molar-refractivity contribution is 6.31. The average molecular weight is 458 g/mol. The number of likely N-dealkylation sites (tertiary alicyclic amines) is 1. The second kappa shape index (κ2) is 11.5. The number of amides is 3. The second-order valence-electron chi connectivity index (χ2n) is 7.71. The summed E-state index contributed by atoms with van der Waals surface area (Å²) in [6.07, 6.45) is 1.49. The zero-order chi connectivity index (χ0) is 22.9. The summed E-state index contributed by atoms with van der Waals surface area (Å²) in [5.41, 5.74) is 1.37. The minimum atomic E-state index is -0.152. The van der Waals surface area contributed by atoms with Crippen LogP contribution in [0.15, 0.2) is 48.5 Å². The maximum absolute atomic E-state index is 12.9. The summed E-state index contributed by atoms with van der Waals surface area (Å²) in [5, 5.41) is 6.17. The van der Waals surface area contributed by atoms with Crippen molar-refractivity contribution in [2.45, 2.75) is 19.3 Å². The fraction of sp³-hybridized carbons (Fsp3) is 0.375. The molecule has 2 N–H and O–H groups in total. The van der Waals surface area contributed by atoms with Gasteiger partial charge in [0.15, 0.2) is 0 Å². The normalized spacial score (nSPS) is 14.0. The molecule has 3 rings (SSSR count). The molecule has 8 heteroatoms. The molecule has 32 heavy (non-hydrogen) atoms. The average Bonchev–Trinajstić information content (AvgIpc) is 2.82. The van der Waals surface area contributed by atoms with Crippen LogP contribution in [0.1, 0.15) is 28.8 Å². The van der Waals surface area contributed by atoms with Crippen molar-refractivity contribution >= 4 is 29.3 Å². The maximum atomic E-state index is 12.9. The van der Waals surface area contributed by atoms with Crippen molar-refractivity contribution in [2.24, 2.45) is 5.92 Å². The van der Waals surface area contributed by atoms with Gasteiger partial charge in [0.05, 0.1) is 19.1 Å². The molecular formula is C24H28ClN3O4. The van der Waals surface area contributed by atoms with Crippen molar-refractivity contribution in [3.8, 4) is 5.75 Å². The van der Waals surface area contributed by atoms with Gasteiger partial charge in [-0.25, -0.2) is 0 Å². The molecule has 0 saturated carbocycles. The molecule has 0 atom stereocenters. The Hall–Kier alpha value is -3.06. The summed E-state index contributed by atoms with van der Waals surface area (Å²) in [6, 6.07) is 14.5. The van der Waals surface area contributed by atoms with Crippen LogP contribution < -0.4 is 15.4 Å². The molecule has 1 heterocycles. The topological polar surface area (TPSA) is 87.7 Å². The molecule has 0 aliphatic carbocycles. The van der Waals surface area contributed by atoms with Gasteiger partial charge in [-0.2, -0.15) is 0 Å². The van der Waals surface area contributed by atoms with Gasteiger partial charge in [0.25, 0.3) is 5.91 Å². The van der Waals surface area contributed by atoms with Gasteiger partial charge in [-0.3, -0.25) is 14.4 Å². The number of carbonyl (C=O) groups is 3. The number of rotatable bonds is 8. The zero-order valence-electron chi connectivity index (χ0n) is 18.1. The van der Waals surface area contributed by atoms with Crippen LogP contribution in [-0.4, -0.2) is 55.9 Å². The van der Waals surface area contributed by atoms with Crippen LogP contribution in [0, 0.1) is 5.92 Å². The number of hydrogen-bond donors (Lipinski definition) is 2. The number of nitrogens with one attached hydrogen (secondary N) is 2. The lowest BCUT2D eigenvalue weighted by Crippen LogP contribution is -2.44. The summed E-state index contributed by atoms with van der Waals surface area (Å²) >= 11 is 6.04. The van der Waals surface area contributed by atoms with E-state index in [-0.39, 0.29) is 23.6 Å². The zero-order valence-corrected chi connectivity index (χ0v) is 18.9. The molecule has 1 saturated heterocycles. The van der Waals surface area contributed by atoms with Crippen molar-refractivity contribution in [3.05, 3.63) is 64.7 Å². The molecule has 1 fully saturated rings. The Morgan fingerprint density at radius 2 is 1.72 bits per heavy atom. The summed E-state index contributed by atoms with van der Waals surface area (Å²) in [5.74, 6) is 0.0571. The lowest BCUT2D eigenvalue weighted by atomic mass is 9.95. The number of halogens is 1. The number of hydrogen-bond acceptors (Lipinski definition) is 4. The first-order valence-corrected chi connectivity index (χ1v) is 11.1. The summed E-state index contributed by atoms with van der Waals surface area (Å²) < 4.78 is 5.28. The Balaban J connectivity index is 1.38. The third kappa shape index (κ3) is 6.47. The van der Waals surface area contributed by atoms with Gasteiger partial charge in [-0.05, 0) is 36.6 Å². The molecule has 7 nitrogen and oxygen atoms in total. The number of carbonyl (C=O) groups excluding carboxylic acids is 3. The van der Waals surface area contributed by atoms with E-state index >= 15 is 0 Å². The molecule has 0 bridgehead atoms. The van der Waals surface area contributed by atoms with E-state index in [1.165, 1.54) is 7.11 Å². The first-order valence-electron chi connectivity index (χ1n) is 10.7. The number of nitrogens with zero attached hydrogens (tertiary/aromatic N) is 1. The van der Waals surface area contributed by atoms with Gasteiger partial charge in [0.1, 0.15) is 5.75 Å². The van der Waals surface area contributed by atoms with Gasteiger partial charge in [0, 0.05) is 37.1 Å². The maximum Gasteiger partial charge on any atom is 0.257 e. The standard InChI is InChI=1S/C24H28ClN3O4/c1-32-21-8-7-19(25)16-20(21)24(31)28-13-9-18(10-14-28)23(30)27-12-11-26-22(29)15-17-5-3-2-4-6-17/h2-8,16,18H,9-15H2,1H3,(H,26,29)(H,27,30). The van der Waals surface area contributed by atoms with Crippen molar-refractivity contribution < 1.29 is 19.1 Å². The second-order valence-corrected chi connectivity index (χ2v) is 8.15. The SMILES string of the molecule is COc1ccc(Cl)cc1C(=O)N1CCC(C(=O)NCCNC(=O)Cc2ccccc2)CC1. The Morgan fingerprint density at radius 3 is 2.41 bits per heavy atom. The van der Waals surface area contributed by atoms with Crippen molar-refractivity contribution in [3.63, 3.8) is 0 Å². The fourth-order valence-corrected chi connectivity index (χ4v) is 3.91. The van der Waals surface area contributed by atoms with Crippen LogP contribution in [0.25, 0.3) is 0 Å². The quantitative estimate of drug-likeness (QED) is 0.596. The Kier molecular flexibility index (Phi) is 8.50. The first-order chi connectivity index (χ1) is 15.5. The minimum Gasteiger partial charge on any atom is -0.496 e. The first kappa shape index (κ1) is 23.6. The molecule has 0 spiro atoms. The highest BCUT2D eigenvalue weighted by Gasteiger charge is 2.29. The van der Waals surface area contributed by atoms with Gasteiger partial charge in [-0.1, -0.05) is 41.9 Å². The van der Waals surface area contributed by atoms with Crippen LogP contribution in [0.2, 0.25) is 5.02 Å². The van der Waals surface area contributed by atoms with Crippen molar-refractivity contribution in [1.29, 1.82) is 0 Å². The van der Waals surface area contributed by atoms with E-state index in [2.05, 4.69) is 10.6 Å². The van der Waals surface area contributed by atoms with Crippen LogP contribution in [-0.2, 0) is 16.0 Å². The Morgan fingerprint density at radius 1 is 1.03 bits per heavy atom. The molecule has 1 aliphatic rings. The van der Waals surface area contributed by atoms with Gasteiger partial charge in [0.2, 0.25) is 11.8 Å². The van der Waals surface area contributed by atoms with E-state index in [1.807, 2.05) is 30.3 Å². The van der Waals surface area contributed by atoms with Gasteiger partial charge < -0.3 is 20.3 Å². The molecule has 2 aromatic rings. The summed E-state index contributed by atoms with van der Waals surface area (Å²) in [7, 11) is 1.51. The number of benzene rings is 2. The lowest BCUT2D eigenvalue weighted by Gasteiger charge is -2.31. The highest BCUT2D eigenvalue weighted by Crippen LogP contribution is 2.26. The molecule has 2 aromatic carbocycles. The predicted octanol–water partition coefficient (Wildman–Crippen LogP) is 2.68. The number of ether oxygens (including phenoxy) is 1.